The minimum Gasteiger partial charge on any atom is -0.429 e. The van der Waals surface area contributed by atoms with Gasteiger partial charge in [-0.25, -0.2) is 4.79 Å². The number of benzene rings is 1. The second-order valence-corrected chi connectivity index (χ2v) is 3.03. The smallest absolute Gasteiger partial charge is 0.429 e. The first-order chi connectivity index (χ1) is 7.72. The van der Waals surface area contributed by atoms with Crippen molar-refractivity contribution in [2.75, 3.05) is 13.6 Å². The van der Waals surface area contributed by atoms with Crippen LogP contribution >= 0.6 is 0 Å². The Hall–Kier alpha value is -1.88. The van der Waals surface area contributed by atoms with Crippen LogP contribution in [0.15, 0.2) is 30.3 Å². The van der Waals surface area contributed by atoms with Gasteiger partial charge in [-0.3, -0.25) is 4.79 Å². The van der Waals surface area contributed by atoms with Crippen LogP contribution in [0.3, 0.4) is 0 Å². The minimum absolute atomic E-state index is 0.0273. The summed E-state index contributed by atoms with van der Waals surface area (Å²) in [5.74, 6) is -0.666. The minimum atomic E-state index is -0.982. The highest BCUT2D eigenvalue weighted by Crippen LogP contribution is 2.01. The van der Waals surface area contributed by atoms with Crippen molar-refractivity contribution in [2.45, 2.75) is 6.61 Å². The fraction of sp³-hybridized carbons (Fsp3) is 0.273. The van der Waals surface area contributed by atoms with Gasteiger partial charge in [-0.15, -0.1) is 0 Å². The van der Waals surface area contributed by atoms with Gasteiger partial charge in [-0.1, -0.05) is 30.3 Å². The molecular formula is C11H13NO4. The number of hydrogen-bond donors (Lipinski definition) is 1. The lowest BCUT2D eigenvalue weighted by Crippen LogP contribution is -2.24. The number of likely N-dealkylation sites (N-methyl/N-ethyl adjacent to an activating group) is 1. The quantitative estimate of drug-likeness (QED) is 0.611. The molecule has 86 valence electrons. The van der Waals surface area contributed by atoms with E-state index in [9.17, 15) is 9.59 Å². The third-order valence-corrected chi connectivity index (χ3v) is 1.72. The van der Waals surface area contributed by atoms with Gasteiger partial charge in [0.05, 0.1) is 6.54 Å². The highest BCUT2D eigenvalue weighted by molar-refractivity contribution is 5.83. The van der Waals surface area contributed by atoms with Gasteiger partial charge in [0.15, 0.2) is 0 Å². The lowest BCUT2D eigenvalue weighted by molar-refractivity contribution is -0.138. The molecule has 0 radical (unpaired) electrons. The van der Waals surface area contributed by atoms with Crippen molar-refractivity contribution in [1.82, 2.24) is 5.32 Å². The van der Waals surface area contributed by atoms with Crippen molar-refractivity contribution in [2.24, 2.45) is 0 Å². The Bertz CT molecular complexity index is 350. The van der Waals surface area contributed by atoms with Gasteiger partial charge in [-0.2, -0.15) is 0 Å². The van der Waals surface area contributed by atoms with E-state index in [2.05, 4.69) is 10.1 Å². The number of hydrogen-bond acceptors (Lipinski definition) is 5. The molecule has 0 fully saturated rings. The lowest BCUT2D eigenvalue weighted by Gasteiger charge is -2.04. The molecule has 5 heteroatoms. The zero-order chi connectivity index (χ0) is 11.8. The maximum Gasteiger partial charge on any atom is 0.516 e. The fourth-order valence-electron chi connectivity index (χ4n) is 1.02. The van der Waals surface area contributed by atoms with Crippen molar-refractivity contribution in [1.29, 1.82) is 0 Å². The molecule has 0 aliphatic heterocycles. The fourth-order valence-corrected chi connectivity index (χ4v) is 1.02. The van der Waals surface area contributed by atoms with Crippen LogP contribution in [0.2, 0.25) is 0 Å². The molecule has 0 bridgehead atoms. The molecule has 0 aliphatic carbocycles. The Morgan fingerprint density at radius 1 is 1.25 bits per heavy atom. The number of nitrogens with one attached hydrogen (secondary N) is 1. The van der Waals surface area contributed by atoms with E-state index in [1.54, 1.807) is 7.05 Å². The van der Waals surface area contributed by atoms with Gasteiger partial charge in [0.1, 0.15) is 6.61 Å². The molecule has 1 N–H and O–H groups in total. The first-order valence-corrected chi connectivity index (χ1v) is 4.78. The van der Waals surface area contributed by atoms with E-state index < -0.39 is 12.1 Å². The molecule has 1 rings (SSSR count). The largest absolute Gasteiger partial charge is 0.516 e. The maximum absolute atomic E-state index is 11.0. The normalized spacial score (nSPS) is 9.56. The Morgan fingerprint density at radius 3 is 2.56 bits per heavy atom. The summed E-state index contributed by atoms with van der Waals surface area (Å²) in [6.07, 6.45) is -0.982. The molecule has 0 saturated carbocycles. The summed E-state index contributed by atoms with van der Waals surface area (Å²) < 4.78 is 9.09. The van der Waals surface area contributed by atoms with E-state index in [4.69, 9.17) is 4.74 Å². The van der Waals surface area contributed by atoms with Crippen molar-refractivity contribution in [3.05, 3.63) is 35.9 Å². The monoisotopic (exact) mass is 223 g/mol. The molecule has 0 amide bonds. The first kappa shape index (κ1) is 12.2. The van der Waals surface area contributed by atoms with E-state index in [0.717, 1.165) is 5.56 Å². The van der Waals surface area contributed by atoms with E-state index in [-0.39, 0.29) is 13.2 Å². The van der Waals surface area contributed by atoms with Crippen molar-refractivity contribution < 1.29 is 19.1 Å². The molecule has 0 unspecified atom stereocenters. The standard InChI is InChI=1S/C11H13NO4/c1-12-7-10(13)16-11(14)15-8-9-5-3-2-4-6-9/h2-6,12H,7-8H2,1H3. The molecule has 0 atom stereocenters. The highest BCUT2D eigenvalue weighted by Gasteiger charge is 2.10. The van der Waals surface area contributed by atoms with E-state index in [1.165, 1.54) is 0 Å². The van der Waals surface area contributed by atoms with Gasteiger partial charge < -0.3 is 14.8 Å². The summed E-state index contributed by atoms with van der Waals surface area (Å²) in [6.45, 7) is 0.0624. The summed E-state index contributed by atoms with van der Waals surface area (Å²) in [5, 5.41) is 2.56. The molecule has 0 heterocycles. The number of carbonyl (C=O) groups excluding carboxylic acids is 2. The van der Waals surface area contributed by atoms with Crippen LogP contribution < -0.4 is 5.32 Å². The van der Waals surface area contributed by atoms with E-state index in [0.29, 0.717) is 0 Å². The van der Waals surface area contributed by atoms with Crippen LogP contribution in [0.4, 0.5) is 4.79 Å². The number of ether oxygens (including phenoxy) is 2. The zero-order valence-corrected chi connectivity index (χ0v) is 8.93. The Labute approximate surface area is 93.4 Å². The average molecular weight is 223 g/mol. The van der Waals surface area contributed by atoms with Crippen LogP contribution in [-0.4, -0.2) is 25.7 Å². The van der Waals surface area contributed by atoms with E-state index in [1.807, 2.05) is 30.3 Å². The van der Waals surface area contributed by atoms with Crippen LogP contribution in [0, 0.1) is 0 Å². The maximum atomic E-state index is 11.0. The second kappa shape index (κ2) is 6.58. The topological polar surface area (TPSA) is 64.6 Å². The molecule has 0 saturated heterocycles. The molecule has 1 aromatic carbocycles. The molecular weight excluding hydrogens is 210 g/mol. The van der Waals surface area contributed by atoms with Gasteiger partial charge in [0.2, 0.25) is 0 Å². The summed E-state index contributed by atoms with van der Waals surface area (Å²) in [5.41, 5.74) is 0.834. The lowest BCUT2D eigenvalue weighted by atomic mass is 10.2. The number of carbonyl (C=O) groups is 2. The molecule has 0 spiro atoms. The number of esters is 1. The van der Waals surface area contributed by atoms with Gasteiger partial charge >= 0.3 is 12.1 Å². The van der Waals surface area contributed by atoms with E-state index >= 15 is 0 Å². The third-order valence-electron chi connectivity index (χ3n) is 1.72. The van der Waals surface area contributed by atoms with Gasteiger partial charge in [0.25, 0.3) is 0 Å². The molecule has 0 aliphatic rings. The summed E-state index contributed by atoms with van der Waals surface area (Å²) >= 11 is 0. The zero-order valence-electron chi connectivity index (χ0n) is 8.93. The second-order valence-electron chi connectivity index (χ2n) is 3.03. The third kappa shape index (κ3) is 4.56. The Morgan fingerprint density at radius 2 is 1.94 bits per heavy atom. The molecule has 1 aromatic rings. The summed E-state index contributed by atoms with van der Waals surface area (Å²) in [7, 11) is 1.58. The van der Waals surface area contributed by atoms with Crippen LogP contribution in [0.1, 0.15) is 5.56 Å². The predicted octanol–water partition coefficient (Wildman–Crippen LogP) is 1.09. The van der Waals surface area contributed by atoms with Crippen LogP contribution in [0.5, 0.6) is 0 Å². The SMILES string of the molecule is CNCC(=O)OC(=O)OCc1ccccc1. The molecule has 0 aromatic heterocycles. The molecule has 16 heavy (non-hydrogen) atoms. The highest BCUT2D eigenvalue weighted by atomic mass is 16.7. The van der Waals surface area contributed by atoms with Crippen molar-refractivity contribution in [3.63, 3.8) is 0 Å². The Balaban J connectivity index is 2.28. The Kier molecular flexibility index (Phi) is 5.01. The van der Waals surface area contributed by atoms with Crippen LogP contribution in [-0.2, 0) is 20.9 Å². The average Bonchev–Trinajstić information content (AvgIpc) is 2.28. The van der Waals surface area contributed by atoms with Crippen LogP contribution in [0.25, 0.3) is 0 Å². The van der Waals surface area contributed by atoms with Crippen molar-refractivity contribution >= 4 is 12.1 Å². The molecule has 5 nitrogen and oxygen atoms in total. The summed E-state index contributed by atoms with van der Waals surface area (Å²) in [4.78, 5) is 21.9. The van der Waals surface area contributed by atoms with Gasteiger partial charge in [0, 0.05) is 0 Å². The number of rotatable bonds is 4. The van der Waals surface area contributed by atoms with Crippen molar-refractivity contribution in [3.8, 4) is 0 Å². The van der Waals surface area contributed by atoms with Gasteiger partial charge in [-0.05, 0) is 12.6 Å². The predicted molar refractivity (Wildman–Crippen MR) is 56.6 cm³/mol. The first-order valence-electron chi connectivity index (χ1n) is 4.78. The summed E-state index contributed by atoms with van der Waals surface area (Å²) in [6, 6.07) is 9.13.